The fourth-order valence-electron chi connectivity index (χ4n) is 3.05. The third-order valence-electron chi connectivity index (χ3n) is 4.39. The summed E-state index contributed by atoms with van der Waals surface area (Å²) in [5, 5.41) is 4.78. The number of thiophene rings is 1. The molecule has 1 atom stereocenters. The van der Waals surface area contributed by atoms with Gasteiger partial charge in [0, 0.05) is 24.7 Å². The summed E-state index contributed by atoms with van der Waals surface area (Å²) in [6.45, 7) is 1.33. The Balaban J connectivity index is 1.73. The monoisotopic (exact) mass is 354 g/mol. The largest absolute Gasteiger partial charge is 0.302 e. The quantitative estimate of drug-likeness (QED) is 0.720. The lowest BCUT2D eigenvalue weighted by atomic mass is 10.1. The van der Waals surface area contributed by atoms with Crippen molar-refractivity contribution in [2.75, 3.05) is 25.1 Å². The van der Waals surface area contributed by atoms with Crippen molar-refractivity contribution in [2.45, 2.75) is 6.42 Å². The Bertz CT molecular complexity index is 883. The van der Waals surface area contributed by atoms with Gasteiger partial charge in [-0.2, -0.15) is 5.06 Å². The van der Waals surface area contributed by atoms with Gasteiger partial charge in [0.2, 0.25) is 11.9 Å². The van der Waals surface area contributed by atoms with Crippen LogP contribution in [-0.4, -0.2) is 41.1 Å². The summed E-state index contributed by atoms with van der Waals surface area (Å²) in [4.78, 5) is 30.1. The molecule has 128 valence electrons. The molecule has 2 aromatic heterocycles. The molecule has 1 unspecified atom stereocenters. The van der Waals surface area contributed by atoms with Crippen molar-refractivity contribution >= 4 is 39.1 Å². The van der Waals surface area contributed by atoms with Gasteiger partial charge in [-0.1, -0.05) is 18.2 Å². The number of carbonyl (C=O) groups excluding carboxylic acids is 1. The molecule has 0 spiro atoms. The van der Waals surface area contributed by atoms with Crippen molar-refractivity contribution in [1.29, 1.82) is 0 Å². The van der Waals surface area contributed by atoms with E-state index >= 15 is 0 Å². The van der Waals surface area contributed by atoms with Gasteiger partial charge >= 0.3 is 0 Å². The molecule has 0 radical (unpaired) electrons. The molecule has 1 saturated heterocycles. The van der Waals surface area contributed by atoms with Gasteiger partial charge in [0.25, 0.3) is 0 Å². The third kappa shape index (κ3) is 3.13. The van der Waals surface area contributed by atoms with E-state index in [1.807, 2.05) is 46.8 Å². The first-order valence-corrected chi connectivity index (χ1v) is 9.02. The molecule has 3 aromatic rings. The number of aromatic nitrogens is 2. The highest BCUT2D eigenvalue weighted by Gasteiger charge is 2.34. The van der Waals surface area contributed by atoms with E-state index in [4.69, 9.17) is 4.84 Å². The SMILES string of the molecule is CON1CCC(C(=O)N(c2ccccc2)c2ncc3ccsc3n2)C1. The third-order valence-corrected chi connectivity index (χ3v) is 5.21. The number of rotatable bonds is 4. The fourth-order valence-corrected chi connectivity index (χ4v) is 3.79. The van der Waals surface area contributed by atoms with Crippen LogP contribution in [0.1, 0.15) is 6.42 Å². The first-order chi connectivity index (χ1) is 12.3. The minimum atomic E-state index is -0.136. The topological polar surface area (TPSA) is 58.6 Å². The summed E-state index contributed by atoms with van der Waals surface area (Å²) >= 11 is 1.54. The van der Waals surface area contributed by atoms with Crippen molar-refractivity contribution in [2.24, 2.45) is 5.92 Å². The summed E-state index contributed by atoms with van der Waals surface area (Å²) in [6, 6.07) is 11.5. The highest BCUT2D eigenvalue weighted by atomic mass is 32.1. The molecule has 1 aliphatic rings. The van der Waals surface area contributed by atoms with Crippen LogP contribution in [0.15, 0.2) is 48.0 Å². The van der Waals surface area contributed by atoms with Crippen LogP contribution >= 0.6 is 11.3 Å². The Morgan fingerprint density at radius 2 is 2.16 bits per heavy atom. The van der Waals surface area contributed by atoms with Crippen molar-refractivity contribution in [1.82, 2.24) is 15.0 Å². The molecule has 1 aliphatic heterocycles. The summed E-state index contributed by atoms with van der Waals surface area (Å²) < 4.78 is 0. The molecule has 0 N–H and O–H groups in total. The standard InChI is InChI=1S/C18H18N4O2S/c1-24-21-9-7-14(12-21)17(23)22(15-5-3-2-4-6-15)18-19-11-13-8-10-25-16(13)20-18/h2-6,8,10-11,14H,7,9,12H2,1H3. The summed E-state index contributed by atoms with van der Waals surface area (Å²) in [5.41, 5.74) is 0.777. The van der Waals surface area contributed by atoms with E-state index in [1.165, 1.54) is 0 Å². The number of benzene rings is 1. The van der Waals surface area contributed by atoms with Crippen LogP contribution in [0.4, 0.5) is 11.6 Å². The van der Waals surface area contributed by atoms with Crippen LogP contribution in [0.2, 0.25) is 0 Å². The van der Waals surface area contributed by atoms with Gasteiger partial charge in [-0.25, -0.2) is 14.9 Å². The van der Waals surface area contributed by atoms with Gasteiger partial charge in [-0.15, -0.1) is 11.3 Å². The van der Waals surface area contributed by atoms with Gasteiger partial charge < -0.3 is 4.84 Å². The number of hydroxylamine groups is 2. The minimum absolute atomic E-state index is 0.00153. The smallest absolute Gasteiger partial charge is 0.238 e. The molecule has 1 fully saturated rings. The van der Waals surface area contributed by atoms with Crippen LogP contribution < -0.4 is 4.90 Å². The number of fused-ring (bicyclic) bond motifs is 1. The number of anilines is 2. The number of hydrogen-bond acceptors (Lipinski definition) is 6. The normalized spacial score (nSPS) is 17.9. The molecule has 6 nitrogen and oxygen atoms in total. The Labute approximate surface area is 149 Å². The van der Waals surface area contributed by atoms with Crippen molar-refractivity contribution < 1.29 is 9.63 Å². The lowest BCUT2D eigenvalue weighted by Gasteiger charge is -2.24. The van der Waals surface area contributed by atoms with Crippen LogP contribution in [0, 0.1) is 5.92 Å². The lowest BCUT2D eigenvalue weighted by Crippen LogP contribution is -2.35. The average Bonchev–Trinajstić information content (AvgIpc) is 3.31. The molecule has 1 aromatic carbocycles. The first-order valence-electron chi connectivity index (χ1n) is 8.14. The lowest BCUT2D eigenvalue weighted by molar-refractivity contribution is -0.128. The molecule has 4 rings (SSSR count). The predicted octanol–water partition coefficient (Wildman–Crippen LogP) is 3.24. The second kappa shape index (κ2) is 6.87. The van der Waals surface area contributed by atoms with Gasteiger partial charge in [0.15, 0.2) is 0 Å². The number of nitrogens with zero attached hydrogens (tertiary/aromatic N) is 4. The average molecular weight is 354 g/mol. The maximum absolute atomic E-state index is 13.2. The number of amides is 1. The molecular weight excluding hydrogens is 336 g/mol. The first kappa shape index (κ1) is 16.1. The maximum atomic E-state index is 13.2. The molecule has 0 aliphatic carbocycles. The maximum Gasteiger partial charge on any atom is 0.238 e. The molecule has 25 heavy (non-hydrogen) atoms. The van der Waals surface area contributed by atoms with Gasteiger partial charge in [0.1, 0.15) is 4.83 Å². The second-order valence-corrected chi connectivity index (χ2v) is 6.81. The summed E-state index contributed by atoms with van der Waals surface area (Å²) in [6.07, 6.45) is 2.53. The van der Waals surface area contributed by atoms with Gasteiger partial charge in [-0.3, -0.25) is 4.79 Å². The van der Waals surface area contributed by atoms with Crippen LogP contribution in [0.25, 0.3) is 10.2 Å². The van der Waals surface area contributed by atoms with E-state index in [9.17, 15) is 4.79 Å². The zero-order chi connectivity index (χ0) is 17.2. The van der Waals surface area contributed by atoms with Crippen molar-refractivity contribution in [3.63, 3.8) is 0 Å². The van der Waals surface area contributed by atoms with E-state index in [0.717, 1.165) is 28.9 Å². The fraction of sp³-hybridized carbons (Fsp3) is 0.278. The predicted molar refractivity (Wildman–Crippen MR) is 97.7 cm³/mol. The van der Waals surface area contributed by atoms with E-state index in [1.54, 1.807) is 29.5 Å². The number of para-hydroxylation sites is 1. The Kier molecular flexibility index (Phi) is 4.44. The molecule has 7 heteroatoms. The zero-order valence-electron chi connectivity index (χ0n) is 13.8. The summed E-state index contributed by atoms with van der Waals surface area (Å²) in [7, 11) is 1.63. The van der Waals surface area contributed by atoms with Gasteiger partial charge in [-0.05, 0) is 30.0 Å². The Morgan fingerprint density at radius 1 is 1.32 bits per heavy atom. The number of carbonyl (C=O) groups is 1. The Hall–Kier alpha value is -2.35. The van der Waals surface area contributed by atoms with Crippen LogP contribution in [0.3, 0.4) is 0 Å². The van der Waals surface area contributed by atoms with E-state index in [2.05, 4.69) is 9.97 Å². The van der Waals surface area contributed by atoms with Crippen molar-refractivity contribution in [3.05, 3.63) is 48.0 Å². The molecule has 1 amide bonds. The van der Waals surface area contributed by atoms with E-state index < -0.39 is 0 Å². The Morgan fingerprint density at radius 3 is 2.92 bits per heavy atom. The molecular formula is C18H18N4O2S. The van der Waals surface area contributed by atoms with Crippen LogP contribution in [0.5, 0.6) is 0 Å². The zero-order valence-corrected chi connectivity index (χ0v) is 14.6. The van der Waals surface area contributed by atoms with E-state index in [0.29, 0.717) is 12.5 Å². The highest BCUT2D eigenvalue weighted by molar-refractivity contribution is 7.16. The molecule has 3 heterocycles. The molecule has 0 bridgehead atoms. The number of hydrogen-bond donors (Lipinski definition) is 0. The minimum Gasteiger partial charge on any atom is -0.302 e. The van der Waals surface area contributed by atoms with E-state index in [-0.39, 0.29) is 11.8 Å². The molecule has 0 saturated carbocycles. The van der Waals surface area contributed by atoms with Gasteiger partial charge in [0.05, 0.1) is 18.7 Å². The van der Waals surface area contributed by atoms with Crippen LogP contribution in [-0.2, 0) is 9.63 Å². The second-order valence-electron chi connectivity index (χ2n) is 5.92. The van der Waals surface area contributed by atoms with Crippen molar-refractivity contribution in [3.8, 4) is 0 Å². The highest BCUT2D eigenvalue weighted by Crippen LogP contribution is 2.29. The summed E-state index contributed by atoms with van der Waals surface area (Å²) in [5.74, 6) is 0.284.